The fraction of sp³-hybridized carbons (Fsp3) is 0.357. The largest absolute Gasteiger partial charge is 0.385 e. The molecule has 0 aliphatic carbocycles. The number of aryl methyl sites for hydroxylation is 1. The van der Waals surface area contributed by atoms with Gasteiger partial charge in [0, 0.05) is 12.6 Å². The lowest BCUT2D eigenvalue weighted by atomic mass is 10.0. The molecule has 0 aliphatic heterocycles. The van der Waals surface area contributed by atoms with E-state index in [-0.39, 0.29) is 6.04 Å². The van der Waals surface area contributed by atoms with E-state index in [4.69, 9.17) is 5.73 Å². The van der Waals surface area contributed by atoms with Gasteiger partial charge in [-0.25, -0.2) is 4.98 Å². The second-order valence-corrected chi connectivity index (χ2v) is 4.40. The Morgan fingerprint density at radius 1 is 1.33 bits per heavy atom. The number of hydrogen-bond acceptors (Lipinski definition) is 3. The van der Waals surface area contributed by atoms with Crippen molar-refractivity contribution in [2.75, 3.05) is 0 Å². The van der Waals surface area contributed by atoms with Gasteiger partial charge in [0.05, 0.1) is 18.2 Å². The summed E-state index contributed by atoms with van der Waals surface area (Å²) in [6, 6.07) is 9.63. The van der Waals surface area contributed by atoms with Gasteiger partial charge in [-0.15, -0.1) is 0 Å². The zero-order valence-corrected chi connectivity index (χ0v) is 10.5. The second-order valence-electron chi connectivity index (χ2n) is 4.40. The third kappa shape index (κ3) is 2.78. The van der Waals surface area contributed by atoms with Gasteiger partial charge in [-0.3, -0.25) is 0 Å². The molecule has 0 saturated heterocycles. The lowest BCUT2D eigenvalue weighted by Gasteiger charge is -2.20. The monoisotopic (exact) mass is 245 g/mol. The first-order valence-corrected chi connectivity index (χ1v) is 6.20. The van der Waals surface area contributed by atoms with Crippen LogP contribution in [0.5, 0.6) is 0 Å². The lowest BCUT2D eigenvalue weighted by Crippen LogP contribution is -2.31. The maximum Gasteiger partial charge on any atom is 0.111 e. The van der Waals surface area contributed by atoms with Crippen molar-refractivity contribution in [2.24, 2.45) is 5.73 Å². The van der Waals surface area contributed by atoms with Crippen molar-refractivity contribution < 1.29 is 5.11 Å². The quantitative estimate of drug-likeness (QED) is 0.839. The predicted molar refractivity (Wildman–Crippen MR) is 71.0 cm³/mol. The molecule has 1 heterocycles. The first kappa shape index (κ1) is 12.8. The predicted octanol–water partition coefficient (Wildman–Crippen LogP) is 1.51. The van der Waals surface area contributed by atoms with E-state index in [0.717, 1.165) is 17.8 Å². The molecule has 2 rings (SSSR count). The Morgan fingerprint density at radius 2 is 2.06 bits per heavy atom. The van der Waals surface area contributed by atoms with Crippen LogP contribution < -0.4 is 5.73 Å². The maximum absolute atomic E-state index is 10.3. The molecule has 3 N–H and O–H groups in total. The zero-order valence-electron chi connectivity index (χ0n) is 10.5. The summed E-state index contributed by atoms with van der Waals surface area (Å²) in [5, 5.41) is 10.3. The van der Waals surface area contributed by atoms with E-state index in [1.54, 1.807) is 12.5 Å². The Labute approximate surface area is 107 Å². The summed E-state index contributed by atoms with van der Waals surface area (Å²) in [6.45, 7) is 2.80. The molecular formula is C14H19N3O. The highest BCUT2D eigenvalue weighted by Crippen LogP contribution is 2.18. The van der Waals surface area contributed by atoms with Gasteiger partial charge in [0.2, 0.25) is 0 Å². The van der Waals surface area contributed by atoms with E-state index in [1.807, 2.05) is 41.8 Å². The van der Waals surface area contributed by atoms with Gasteiger partial charge in [0.1, 0.15) is 6.10 Å². The standard InChI is InChI=1S/C14H19N3O/c1-2-17-10-16-9-13(17)14(18)12(15)8-11-6-4-3-5-7-11/h3-7,9-10,12,14,18H,2,8,15H2,1H3. The van der Waals surface area contributed by atoms with Gasteiger partial charge in [-0.05, 0) is 18.9 Å². The molecule has 2 aromatic rings. The van der Waals surface area contributed by atoms with Crippen LogP contribution >= 0.6 is 0 Å². The number of nitrogens with zero attached hydrogens (tertiary/aromatic N) is 2. The summed E-state index contributed by atoms with van der Waals surface area (Å²) in [4.78, 5) is 4.05. The molecule has 0 saturated carbocycles. The van der Waals surface area contributed by atoms with Crippen molar-refractivity contribution >= 4 is 0 Å². The summed E-state index contributed by atoms with van der Waals surface area (Å²) in [5.74, 6) is 0. The molecular weight excluding hydrogens is 226 g/mol. The van der Waals surface area contributed by atoms with Gasteiger partial charge < -0.3 is 15.4 Å². The van der Waals surface area contributed by atoms with Crippen LogP contribution in [0.4, 0.5) is 0 Å². The SMILES string of the molecule is CCn1cncc1C(O)C(N)Cc1ccccc1. The highest BCUT2D eigenvalue weighted by atomic mass is 16.3. The van der Waals surface area contributed by atoms with Gasteiger partial charge in [-0.1, -0.05) is 30.3 Å². The van der Waals surface area contributed by atoms with Crippen LogP contribution in [0.15, 0.2) is 42.9 Å². The third-order valence-corrected chi connectivity index (χ3v) is 3.11. The first-order valence-electron chi connectivity index (χ1n) is 6.20. The minimum Gasteiger partial charge on any atom is -0.385 e. The molecule has 4 heteroatoms. The van der Waals surface area contributed by atoms with Crippen LogP contribution in [0.1, 0.15) is 24.3 Å². The fourth-order valence-corrected chi connectivity index (χ4v) is 2.06. The molecule has 0 amide bonds. The summed E-state index contributed by atoms with van der Waals surface area (Å²) in [7, 11) is 0. The van der Waals surface area contributed by atoms with Crippen LogP contribution in [0, 0.1) is 0 Å². The number of nitrogens with two attached hydrogens (primary N) is 1. The average molecular weight is 245 g/mol. The number of aliphatic hydroxyl groups excluding tert-OH is 1. The molecule has 0 spiro atoms. The molecule has 1 aromatic carbocycles. The van der Waals surface area contributed by atoms with Crippen molar-refractivity contribution in [1.82, 2.24) is 9.55 Å². The minimum atomic E-state index is -0.687. The molecule has 18 heavy (non-hydrogen) atoms. The Hall–Kier alpha value is -1.65. The molecule has 2 atom stereocenters. The van der Waals surface area contributed by atoms with Crippen molar-refractivity contribution in [3.05, 3.63) is 54.1 Å². The topological polar surface area (TPSA) is 64.1 Å². The molecule has 1 aromatic heterocycles. The molecule has 0 fully saturated rings. The Kier molecular flexibility index (Phi) is 4.12. The normalized spacial score (nSPS) is 14.4. The van der Waals surface area contributed by atoms with E-state index >= 15 is 0 Å². The molecule has 0 radical (unpaired) electrons. The van der Waals surface area contributed by atoms with E-state index in [0.29, 0.717) is 6.42 Å². The minimum absolute atomic E-state index is 0.325. The lowest BCUT2D eigenvalue weighted by molar-refractivity contribution is 0.137. The van der Waals surface area contributed by atoms with Crippen LogP contribution in [0.25, 0.3) is 0 Å². The van der Waals surface area contributed by atoms with Crippen LogP contribution in [-0.4, -0.2) is 20.7 Å². The van der Waals surface area contributed by atoms with Crippen molar-refractivity contribution in [1.29, 1.82) is 0 Å². The number of aliphatic hydroxyl groups is 1. The Balaban J connectivity index is 2.07. The van der Waals surface area contributed by atoms with E-state index in [2.05, 4.69) is 4.98 Å². The van der Waals surface area contributed by atoms with Crippen molar-refractivity contribution in [3.63, 3.8) is 0 Å². The van der Waals surface area contributed by atoms with Gasteiger partial charge in [0.25, 0.3) is 0 Å². The van der Waals surface area contributed by atoms with Gasteiger partial charge in [0.15, 0.2) is 0 Å². The smallest absolute Gasteiger partial charge is 0.111 e. The molecule has 4 nitrogen and oxygen atoms in total. The summed E-state index contributed by atoms with van der Waals surface area (Å²) in [5.41, 5.74) is 7.98. The van der Waals surface area contributed by atoms with E-state index in [9.17, 15) is 5.11 Å². The molecule has 0 aliphatic rings. The number of aromatic nitrogens is 2. The van der Waals surface area contributed by atoms with Crippen LogP contribution in [0.2, 0.25) is 0 Å². The maximum atomic E-state index is 10.3. The van der Waals surface area contributed by atoms with Crippen molar-refractivity contribution in [2.45, 2.75) is 32.0 Å². The molecule has 96 valence electrons. The first-order chi connectivity index (χ1) is 8.72. The Morgan fingerprint density at radius 3 is 2.72 bits per heavy atom. The third-order valence-electron chi connectivity index (χ3n) is 3.11. The van der Waals surface area contributed by atoms with Gasteiger partial charge >= 0.3 is 0 Å². The van der Waals surface area contributed by atoms with Crippen LogP contribution in [0.3, 0.4) is 0 Å². The number of hydrogen-bond donors (Lipinski definition) is 2. The molecule has 2 unspecified atom stereocenters. The van der Waals surface area contributed by atoms with Gasteiger partial charge in [-0.2, -0.15) is 0 Å². The number of benzene rings is 1. The van der Waals surface area contributed by atoms with E-state index in [1.165, 1.54) is 0 Å². The Bertz CT molecular complexity index is 481. The highest BCUT2D eigenvalue weighted by Gasteiger charge is 2.20. The average Bonchev–Trinajstić information content (AvgIpc) is 2.87. The molecule has 0 bridgehead atoms. The zero-order chi connectivity index (χ0) is 13.0. The second kappa shape index (κ2) is 5.80. The van der Waals surface area contributed by atoms with Crippen molar-refractivity contribution in [3.8, 4) is 0 Å². The fourth-order valence-electron chi connectivity index (χ4n) is 2.06. The summed E-state index contributed by atoms with van der Waals surface area (Å²) in [6.07, 6.45) is 3.36. The number of imidazole rings is 1. The van der Waals surface area contributed by atoms with E-state index < -0.39 is 6.10 Å². The summed E-state index contributed by atoms with van der Waals surface area (Å²) < 4.78 is 1.91. The van der Waals surface area contributed by atoms with Crippen LogP contribution in [-0.2, 0) is 13.0 Å². The summed E-state index contributed by atoms with van der Waals surface area (Å²) >= 11 is 0. The highest BCUT2D eigenvalue weighted by molar-refractivity contribution is 5.17. The number of rotatable bonds is 5.